The number of rotatable bonds is 4. The Morgan fingerprint density at radius 2 is 1.59 bits per heavy atom. The highest BCUT2D eigenvalue weighted by Crippen LogP contribution is 2.41. The molecular weight excluding hydrogens is 273 g/mol. The summed E-state index contributed by atoms with van der Waals surface area (Å²) >= 11 is 0. The quantitative estimate of drug-likeness (QED) is 0.863. The van der Waals surface area contributed by atoms with Gasteiger partial charge in [-0.3, -0.25) is 0 Å². The predicted octanol–water partition coefficient (Wildman–Crippen LogP) is 3.68. The fourth-order valence-electron chi connectivity index (χ4n) is 2.63. The van der Waals surface area contributed by atoms with Gasteiger partial charge >= 0.3 is 7.12 Å². The van der Waals surface area contributed by atoms with E-state index < -0.39 is 12.7 Å². The zero-order chi connectivity index (χ0) is 16.8. The Morgan fingerprint density at radius 1 is 1.14 bits per heavy atom. The Bertz CT molecular complexity index is 535. The molecule has 1 aliphatic rings. The molecule has 1 heterocycles. The molecule has 0 amide bonds. The summed E-state index contributed by atoms with van der Waals surface area (Å²) in [6.07, 6.45) is 0. The minimum atomic E-state index is -0.526. The average Bonchev–Trinajstić information content (AvgIpc) is 2.66. The van der Waals surface area contributed by atoms with Crippen LogP contribution in [0.1, 0.15) is 47.1 Å². The first-order valence-electron chi connectivity index (χ1n) is 7.88. The molecule has 1 saturated heterocycles. The molecule has 22 heavy (non-hydrogen) atoms. The second-order valence-corrected chi connectivity index (χ2v) is 7.53. The number of hydrogen-bond acceptors (Lipinski definition) is 3. The SMILES string of the molecule is C=C(B1OC(C)(C)C(C)(C)O1)[C@H](C)[C@@](C)(N)c1ccccc1. The molecule has 3 nitrogen and oxygen atoms in total. The monoisotopic (exact) mass is 301 g/mol. The molecule has 1 fully saturated rings. The first-order valence-corrected chi connectivity index (χ1v) is 7.88. The van der Waals surface area contributed by atoms with Crippen LogP contribution in [0.25, 0.3) is 0 Å². The third-order valence-corrected chi connectivity index (χ3v) is 5.41. The summed E-state index contributed by atoms with van der Waals surface area (Å²) in [5.74, 6) is 0.0181. The normalized spacial score (nSPS) is 23.9. The maximum atomic E-state index is 6.61. The van der Waals surface area contributed by atoms with E-state index in [1.54, 1.807) is 0 Å². The van der Waals surface area contributed by atoms with Crippen LogP contribution in [-0.4, -0.2) is 18.3 Å². The molecule has 120 valence electrons. The van der Waals surface area contributed by atoms with E-state index >= 15 is 0 Å². The van der Waals surface area contributed by atoms with Crippen molar-refractivity contribution in [3.05, 3.63) is 47.9 Å². The van der Waals surface area contributed by atoms with Crippen LogP contribution in [0.3, 0.4) is 0 Å². The molecule has 4 heteroatoms. The minimum absolute atomic E-state index is 0.0181. The molecule has 1 aromatic carbocycles. The van der Waals surface area contributed by atoms with Crippen molar-refractivity contribution in [2.24, 2.45) is 11.7 Å². The summed E-state index contributed by atoms with van der Waals surface area (Å²) in [6, 6.07) is 10.1. The Morgan fingerprint density at radius 3 is 2.05 bits per heavy atom. The fraction of sp³-hybridized carbons (Fsp3) is 0.556. The van der Waals surface area contributed by atoms with Gasteiger partial charge in [0.2, 0.25) is 0 Å². The van der Waals surface area contributed by atoms with Gasteiger partial charge in [-0.25, -0.2) is 0 Å². The average molecular weight is 301 g/mol. The van der Waals surface area contributed by atoms with Crippen molar-refractivity contribution in [1.82, 2.24) is 0 Å². The van der Waals surface area contributed by atoms with Crippen LogP contribution in [0.15, 0.2) is 42.4 Å². The summed E-state index contributed by atoms with van der Waals surface area (Å²) in [5, 5.41) is 0. The van der Waals surface area contributed by atoms with Crippen molar-refractivity contribution in [2.75, 3.05) is 0 Å². The molecule has 0 bridgehead atoms. The van der Waals surface area contributed by atoms with E-state index in [2.05, 4.69) is 13.5 Å². The molecule has 0 saturated carbocycles. The maximum absolute atomic E-state index is 6.61. The highest BCUT2D eigenvalue weighted by atomic mass is 16.7. The van der Waals surface area contributed by atoms with E-state index in [1.165, 1.54) is 0 Å². The van der Waals surface area contributed by atoms with Gasteiger partial charge in [-0.2, -0.15) is 0 Å². The van der Waals surface area contributed by atoms with Crippen LogP contribution in [0.5, 0.6) is 0 Å². The van der Waals surface area contributed by atoms with Crippen LogP contribution in [0.4, 0.5) is 0 Å². The highest BCUT2D eigenvalue weighted by molar-refractivity contribution is 6.54. The summed E-state index contributed by atoms with van der Waals surface area (Å²) in [7, 11) is -0.424. The van der Waals surface area contributed by atoms with E-state index in [0.29, 0.717) is 0 Å². The molecular formula is C18H28BNO2. The lowest BCUT2D eigenvalue weighted by molar-refractivity contribution is 0.00578. The van der Waals surface area contributed by atoms with Gasteiger partial charge in [0, 0.05) is 5.54 Å². The van der Waals surface area contributed by atoms with Crippen molar-refractivity contribution in [2.45, 2.75) is 58.3 Å². The Balaban J connectivity index is 2.20. The molecule has 2 rings (SSSR count). The minimum Gasteiger partial charge on any atom is -0.400 e. The largest absolute Gasteiger partial charge is 0.490 e. The number of nitrogens with two attached hydrogens (primary N) is 1. The van der Waals surface area contributed by atoms with Gasteiger partial charge in [0.15, 0.2) is 0 Å². The molecule has 2 atom stereocenters. The maximum Gasteiger partial charge on any atom is 0.490 e. The number of hydrogen-bond donors (Lipinski definition) is 1. The molecule has 0 radical (unpaired) electrons. The van der Waals surface area contributed by atoms with Crippen LogP contribution in [-0.2, 0) is 14.8 Å². The lowest BCUT2D eigenvalue weighted by atomic mass is 9.65. The molecule has 0 spiro atoms. The molecule has 0 aliphatic carbocycles. The lowest BCUT2D eigenvalue weighted by Crippen LogP contribution is -2.43. The van der Waals surface area contributed by atoms with Gasteiger partial charge in [0.25, 0.3) is 0 Å². The first kappa shape index (κ1) is 17.3. The fourth-order valence-corrected chi connectivity index (χ4v) is 2.63. The zero-order valence-electron chi connectivity index (χ0n) is 14.6. The molecule has 0 unspecified atom stereocenters. The molecule has 1 aromatic rings. The summed E-state index contributed by atoms with van der Waals surface area (Å²) in [6.45, 7) is 16.5. The Labute approximate surface area is 135 Å². The van der Waals surface area contributed by atoms with Crippen molar-refractivity contribution < 1.29 is 9.31 Å². The number of benzene rings is 1. The molecule has 2 N–H and O–H groups in total. The smallest absolute Gasteiger partial charge is 0.400 e. The van der Waals surface area contributed by atoms with Gasteiger partial charge in [0.1, 0.15) is 0 Å². The van der Waals surface area contributed by atoms with E-state index in [4.69, 9.17) is 15.0 Å². The highest BCUT2D eigenvalue weighted by Gasteiger charge is 2.53. The third-order valence-electron chi connectivity index (χ3n) is 5.41. The Kier molecular flexibility index (Phi) is 4.33. The van der Waals surface area contributed by atoms with Crippen LogP contribution in [0.2, 0.25) is 0 Å². The zero-order valence-corrected chi connectivity index (χ0v) is 14.6. The van der Waals surface area contributed by atoms with Crippen molar-refractivity contribution >= 4 is 7.12 Å². The van der Waals surface area contributed by atoms with Gasteiger partial charge < -0.3 is 15.0 Å². The van der Waals surface area contributed by atoms with E-state index in [0.717, 1.165) is 11.0 Å². The van der Waals surface area contributed by atoms with Crippen molar-refractivity contribution in [3.8, 4) is 0 Å². The first-order chi connectivity index (χ1) is 9.99. The standard InChI is InChI=1S/C18H28BNO2/c1-13(18(7,20)15-11-9-8-10-12-15)14(2)19-21-16(3,4)17(5,6)22-19/h8-13H,2,20H2,1,3-7H3/t13-,18+/m0/s1. The van der Waals surface area contributed by atoms with E-state index in [9.17, 15) is 0 Å². The van der Waals surface area contributed by atoms with Crippen LogP contribution in [0, 0.1) is 5.92 Å². The van der Waals surface area contributed by atoms with Crippen LogP contribution >= 0.6 is 0 Å². The van der Waals surface area contributed by atoms with E-state index in [1.807, 2.05) is 65.0 Å². The van der Waals surface area contributed by atoms with Crippen LogP contribution < -0.4 is 5.73 Å². The summed E-state index contributed by atoms with van der Waals surface area (Å²) in [5.41, 5.74) is 7.33. The van der Waals surface area contributed by atoms with E-state index in [-0.39, 0.29) is 17.1 Å². The topological polar surface area (TPSA) is 44.5 Å². The van der Waals surface area contributed by atoms with Crippen molar-refractivity contribution in [1.29, 1.82) is 0 Å². The van der Waals surface area contributed by atoms with Gasteiger partial charge in [0.05, 0.1) is 11.2 Å². The van der Waals surface area contributed by atoms with Gasteiger partial charge in [-0.15, -0.1) is 6.58 Å². The second kappa shape index (κ2) is 5.52. The predicted molar refractivity (Wildman–Crippen MR) is 92.4 cm³/mol. The second-order valence-electron chi connectivity index (χ2n) is 7.53. The van der Waals surface area contributed by atoms with Gasteiger partial charge in [-0.05, 0) is 51.6 Å². The molecule has 0 aromatic heterocycles. The van der Waals surface area contributed by atoms with Gasteiger partial charge in [-0.1, -0.05) is 37.3 Å². The summed E-state index contributed by atoms with van der Waals surface area (Å²) in [4.78, 5) is 0. The lowest BCUT2D eigenvalue weighted by Gasteiger charge is -2.34. The summed E-state index contributed by atoms with van der Waals surface area (Å²) < 4.78 is 12.2. The Hall–Kier alpha value is -1.10. The molecule has 1 aliphatic heterocycles. The van der Waals surface area contributed by atoms with Crippen molar-refractivity contribution in [3.63, 3.8) is 0 Å². The third kappa shape index (κ3) is 2.88.